The molecular formula is C18H16F3N3O3. The van der Waals surface area contributed by atoms with Crippen molar-refractivity contribution in [3.8, 4) is 11.5 Å². The van der Waals surface area contributed by atoms with E-state index < -0.39 is 6.36 Å². The minimum atomic E-state index is -4.75. The highest BCUT2D eigenvalue weighted by Gasteiger charge is 2.30. The van der Waals surface area contributed by atoms with Crippen LogP contribution in [0.25, 0.3) is 11.0 Å². The van der Waals surface area contributed by atoms with Crippen molar-refractivity contribution in [2.24, 2.45) is 0 Å². The molecule has 0 aliphatic carbocycles. The minimum Gasteiger partial charge on any atom is -0.484 e. The summed E-state index contributed by atoms with van der Waals surface area (Å²) in [7, 11) is 0. The number of carbonyl (C=O) groups is 1. The lowest BCUT2D eigenvalue weighted by atomic mass is 10.3. The Hall–Kier alpha value is -3.23. The fraction of sp³-hybridized carbons (Fsp3) is 0.222. The highest BCUT2D eigenvalue weighted by atomic mass is 19.4. The number of fused-ring (bicyclic) bond motifs is 1. The average molecular weight is 379 g/mol. The summed E-state index contributed by atoms with van der Waals surface area (Å²) < 4.78 is 45.2. The lowest BCUT2D eigenvalue weighted by Gasteiger charge is -2.10. The first-order valence-electron chi connectivity index (χ1n) is 8.08. The Bertz CT molecular complexity index is 874. The molecule has 0 unspecified atom stereocenters. The highest BCUT2D eigenvalue weighted by molar-refractivity contribution is 5.77. The lowest BCUT2D eigenvalue weighted by molar-refractivity contribution is -0.274. The zero-order valence-corrected chi connectivity index (χ0v) is 14.0. The van der Waals surface area contributed by atoms with Crippen LogP contribution in [-0.4, -0.2) is 35.4 Å². The largest absolute Gasteiger partial charge is 0.573 e. The first-order valence-corrected chi connectivity index (χ1v) is 8.08. The molecule has 0 radical (unpaired) electrons. The van der Waals surface area contributed by atoms with Gasteiger partial charge in [-0.1, -0.05) is 12.1 Å². The van der Waals surface area contributed by atoms with E-state index in [-0.39, 0.29) is 24.0 Å². The van der Waals surface area contributed by atoms with Crippen molar-refractivity contribution >= 4 is 16.9 Å². The van der Waals surface area contributed by atoms with Gasteiger partial charge in [0.1, 0.15) is 17.3 Å². The second kappa shape index (κ2) is 7.98. The molecule has 1 aromatic heterocycles. The van der Waals surface area contributed by atoms with Gasteiger partial charge in [0.25, 0.3) is 5.91 Å². The third-order valence-corrected chi connectivity index (χ3v) is 3.55. The molecule has 0 aliphatic heterocycles. The fourth-order valence-electron chi connectivity index (χ4n) is 2.38. The smallest absolute Gasteiger partial charge is 0.484 e. The second-order valence-electron chi connectivity index (χ2n) is 5.61. The monoisotopic (exact) mass is 379 g/mol. The molecule has 0 fully saturated rings. The first-order chi connectivity index (χ1) is 12.9. The molecule has 1 amide bonds. The van der Waals surface area contributed by atoms with Crippen molar-refractivity contribution in [3.05, 3.63) is 54.4 Å². The molecule has 3 aromatic rings. The number of aromatic amines is 1. The molecule has 6 nitrogen and oxygen atoms in total. The number of rotatable bonds is 7. The van der Waals surface area contributed by atoms with Crippen molar-refractivity contribution in [3.63, 3.8) is 0 Å². The van der Waals surface area contributed by atoms with Crippen LogP contribution in [0, 0.1) is 0 Å². The summed E-state index contributed by atoms with van der Waals surface area (Å²) in [5.74, 6) is 0.321. The SMILES string of the molecule is O=C(COc1ccc(OC(F)(F)F)cc1)NCCc1nc2ccccc2[nH]1. The van der Waals surface area contributed by atoms with E-state index >= 15 is 0 Å². The van der Waals surface area contributed by atoms with Crippen LogP contribution in [0.1, 0.15) is 5.82 Å². The van der Waals surface area contributed by atoms with Crippen molar-refractivity contribution in [1.82, 2.24) is 15.3 Å². The Balaban J connectivity index is 1.40. The van der Waals surface area contributed by atoms with Gasteiger partial charge in [-0.05, 0) is 36.4 Å². The van der Waals surface area contributed by atoms with E-state index in [1.54, 1.807) is 0 Å². The van der Waals surface area contributed by atoms with Crippen molar-refractivity contribution in [2.45, 2.75) is 12.8 Å². The van der Waals surface area contributed by atoms with E-state index in [4.69, 9.17) is 4.74 Å². The van der Waals surface area contributed by atoms with Gasteiger partial charge in [-0.3, -0.25) is 4.79 Å². The average Bonchev–Trinajstić information content (AvgIpc) is 3.02. The predicted molar refractivity (Wildman–Crippen MR) is 91.4 cm³/mol. The van der Waals surface area contributed by atoms with Gasteiger partial charge in [0.2, 0.25) is 0 Å². The second-order valence-corrected chi connectivity index (χ2v) is 5.61. The van der Waals surface area contributed by atoms with Crippen LogP contribution < -0.4 is 14.8 Å². The number of imidazole rings is 1. The maximum atomic E-state index is 12.1. The van der Waals surface area contributed by atoms with Crippen LogP contribution in [-0.2, 0) is 11.2 Å². The summed E-state index contributed by atoms with van der Waals surface area (Å²) in [6.45, 7) is 0.125. The highest BCUT2D eigenvalue weighted by Crippen LogP contribution is 2.24. The number of hydrogen-bond donors (Lipinski definition) is 2. The maximum Gasteiger partial charge on any atom is 0.573 e. The summed E-state index contributed by atoms with van der Waals surface area (Å²) >= 11 is 0. The van der Waals surface area contributed by atoms with Gasteiger partial charge in [-0.15, -0.1) is 13.2 Å². The number of benzene rings is 2. The number of ether oxygens (including phenoxy) is 2. The molecule has 2 aromatic carbocycles. The van der Waals surface area contributed by atoms with E-state index in [1.165, 1.54) is 12.1 Å². The Morgan fingerprint density at radius 3 is 2.48 bits per heavy atom. The molecule has 0 spiro atoms. The number of aromatic nitrogens is 2. The predicted octanol–water partition coefficient (Wildman–Crippen LogP) is 3.20. The third kappa shape index (κ3) is 5.63. The summed E-state index contributed by atoms with van der Waals surface area (Å²) in [6.07, 6.45) is -4.22. The van der Waals surface area contributed by atoms with E-state index in [1.807, 2.05) is 24.3 Å². The van der Waals surface area contributed by atoms with Crippen molar-refractivity contribution in [1.29, 1.82) is 0 Å². The number of hydrogen-bond acceptors (Lipinski definition) is 4. The number of carbonyl (C=O) groups excluding carboxylic acids is 1. The standard InChI is InChI=1S/C18H16F3N3O3/c19-18(20,21)27-13-7-5-12(6-8-13)26-11-17(25)22-10-9-16-23-14-3-1-2-4-15(14)24-16/h1-8H,9-11H2,(H,22,25)(H,23,24). The minimum absolute atomic E-state index is 0.250. The summed E-state index contributed by atoms with van der Waals surface area (Å²) in [6, 6.07) is 12.4. The zero-order chi connectivity index (χ0) is 19.3. The molecule has 0 saturated carbocycles. The molecular weight excluding hydrogens is 363 g/mol. The molecule has 0 aliphatic rings. The van der Waals surface area contributed by atoms with Crippen LogP contribution in [0.5, 0.6) is 11.5 Å². The number of amides is 1. The van der Waals surface area contributed by atoms with Gasteiger partial charge < -0.3 is 19.8 Å². The Labute approximate surface area is 152 Å². The van der Waals surface area contributed by atoms with Gasteiger partial charge >= 0.3 is 6.36 Å². The van der Waals surface area contributed by atoms with Gasteiger partial charge in [-0.2, -0.15) is 0 Å². The van der Waals surface area contributed by atoms with E-state index in [2.05, 4.69) is 20.0 Å². The quantitative estimate of drug-likeness (QED) is 0.661. The Kier molecular flexibility index (Phi) is 5.49. The van der Waals surface area contributed by atoms with Crippen LogP contribution in [0.3, 0.4) is 0 Å². The molecule has 0 saturated heterocycles. The number of para-hydroxylation sites is 2. The molecule has 0 atom stereocenters. The maximum absolute atomic E-state index is 12.1. The number of H-pyrrole nitrogens is 1. The molecule has 27 heavy (non-hydrogen) atoms. The van der Waals surface area contributed by atoms with Gasteiger partial charge in [0, 0.05) is 13.0 Å². The zero-order valence-electron chi connectivity index (χ0n) is 14.0. The molecule has 9 heteroatoms. The normalized spacial score (nSPS) is 11.4. The Morgan fingerprint density at radius 1 is 1.07 bits per heavy atom. The number of alkyl halides is 3. The summed E-state index contributed by atoms with van der Waals surface area (Å²) in [4.78, 5) is 19.4. The van der Waals surface area contributed by atoms with Crippen molar-refractivity contribution in [2.75, 3.05) is 13.2 Å². The van der Waals surface area contributed by atoms with Crippen LogP contribution >= 0.6 is 0 Å². The molecule has 1 heterocycles. The molecule has 2 N–H and O–H groups in total. The first kappa shape index (κ1) is 18.6. The number of halogens is 3. The fourth-order valence-corrected chi connectivity index (χ4v) is 2.38. The number of nitrogens with zero attached hydrogens (tertiary/aromatic N) is 1. The van der Waals surface area contributed by atoms with E-state index in [9.17, 15) is 18.0 Å². The summed E-state index contributed by atoms with van der Waals surface area (Å²) in [5.41, 5.74) is 1.79. The molecule has 3 rings (SSSR count). The van der Waals surface area contributed by atoms with Crippen LogP contribution in [0.15, 0.2) is 48.5 Å². The van der Waals surface area contributed by atoms with Gasteiger partial charge in [-0.25, -0.2) is 4.98 Å². The summed E-state index contributed by atoms with van der Waals surface area (Å²) in [5, 5.41) is 2.69. The topological polar surface area (TPSA) is 76.2 Å². The van der Waals surface area contributed by atoms with Gasteiger partial charge in [0.15, 0.2) is 6.61 Å². The Morgan fingerprint density at radius 2 is 1.78 bits per heavy atom. The van der Waals surface area contributed by atoms with Crippen LogP contribution in [0.4, 0.5) is 13.2 Å². The number of nitrogens with one attached hydrogen (secondary N) is 2. The van der Waals surface area contributed by atoms with E-state index in [0.29, 0.717) is 13.0 Å². The van der Waals surface area contributed by atoms with Gasteiger partial charge in [0.05, 0.1) is 11.0 Å². The van der Waals surface area contributed by atoms with Crippen LogP contribution in [0.2, 0.25) is 0 Å². The van der Waals surface area contributed by atoms with E-state index in [0.717, 1.165) is 29.0 Å². The van der Waals surface area contributed by atoms with Crippen molar-refractivity contribution < 1.29 is 27.4 Å². The third-order valence-electron chi connectivity index (χ3n) is 3.55. The lowest BCUT2D eigenvalue weighted by Crippen LogP contribution is -2.30. The molecule has 0 bridgehead atoms. The molecule has 142 valence electrons.